The van der Waals surface area contributed by atoms with E-state index < -0.39 is 12.0 Å². The molecule has 0 unspecified atom stereocenters. The third-order valence-corrected chi connectivity index (χ3v) is 5.71. The topological polar surface area (TPSA) is 81.4 Å². The predicted molar refractivity (Wildman–Crippen MR) is 100 cm³/mol. The van der Waals surface area contributed by atoms with Gasteiger partial charge in [0, 0.05) is 9.90 Å². The summed E-state index contributed by atoms with van der Waals surface area (Å²) in [5.41, 5.74) is 6.88. The van der Waals surface area contributed by atoms with Crippen LogP contribution in [0, 0.1) is 0 Å². The van der Waals surface area contributed by atoms with Gasteiger partial charge in [-0.1, -0.05) is 23.2 Å². The van der Waals surface area contributed by atoms with Gasteiger partial charge in [0.1, 0.15) is 10.8 Å². The molecule has 0 saturated heterocycles. The summed E-state index contributed by atoms with van der Waals surface area (Å²) in [6.45, 7) is 1.60. The van der Waals surface area contributed by atoms with E-state index in [0.717, 1.165) is 29.7 Å². The van der Waals surface area contributed by atoms with E-state index in [9.17, 15) is 9.59 Å². The first-order chi connectivity index (χ1) is 11.9. The van der Waals surface area contributed by atoms with E-state index in [0.29, 0.717) is 26.4 Å². The minimum Gasteiger partial charge on any atom is -0.479 e. The van der Waals surface area contributed by atoms with Gasteiger partial charge in [0.05, 0.1) is 10.6 Å². The Kier molecular flexibility index (Phi) is 5.22. The summed E-state index contributed by atoms with van der Waals surface area (Å²) in [6.07, 6.45) is 1.91. The van der Waals surface area contributed by atoms with Crippen LogP contribution in [0.2, 0.25) is 10.0 Å². The summed E-state index contributed by atoms with van der Waals surface area (Å²) in [6, 6.07) is 4.77. The molecule has 1 aromatic heterocycles. The largest absolute Gasteiger partial charge is 0.479 e. The lowest BCUT2D eigenvalue weighted by atomic mass is 10.1. The number of hydrogen-bond acceptors (Lipinski definition) is 4. The first-order valence-corrected chi connectivity index (χ1v) is 9.31. The Morgan fingerprint density at radius 3 is 2.76 bits per heavy atom. The second kappa shape index (κ2) is 7.23. The number of nitrogens with one attached hydrogen (secondary N) is 1. The van der Waals surface area contributed by atoms with Crippen LogP contribution in [0.25, 0.3) is 0 Å². The van der Waals surface area contributed by atoms with Crippen LogP contribution in [0.15, 0.2) is 18.2 Å². The highest BCUT2D eigenvalue weighted by atomic mass is 35.5. The van der Waals surface area contributed by atoms with Crippen LogP contribution in [-0.4, -0.2) is 17.9 Å². The number of amides is 2. The number of hydrogen-bond donors (Lipinski definition) is 2. The van der Waals surface area contributed by atoms with Gasteiger partial charge in [-0.25, -0.2) is 0 Å². The van der Waals surface area contributed by atoms with Crippen LogP contribution in [-0.2, 0) is 17.6 Å². The monoisotopic (exact) mass is 398 g/mol. The van der Waals surface area contributed by atoms with Crippen LogP contribution in [0.4, 0.5) is 5.00 Å². The van der Waals surface area contributed by atoms with Gasteiger partial charge in [0.2, 0.25) is 0 Å². The van der Waals surface area contributed by atoms with Gasteiger partial charge in [-0.15, -0.1) is 11.3 Å². The molecule has 0 fully saturated rings. The fourth-order valence-corrected chi connectivity index (χ4v) is 4.53. The Labute approximate surface area is 159 Å². The number of carbonyl (C=O) groups is 2. The molecule has 0 aliphatic heterocycles. The molecular weight excluding hydrogens is 383 g/mol. The number of primary amides is 1. The van der Waals surface area contributed by atoms with Crippen molar-refractivity contribution in [3.05, 3.63) is 44.2 Å². The van der Waals surface area contributed by atoms with Crippen molar-refractivity contribution in [3.63, 3.8) is 0 Å². The normalized spacial score (nSPS) is 14.0. The molecule has 2 amide bonds. The van der Waals surface area contributed by atoms with Gasteiger partial charge in [0.25, 0.3) is 11.8 Å². The molecule has 132 valence electrons. The highest BCUT2D eigenvalue weighted by Gasteiger charge is 2.27. The van der Waals surface area contributed by atoms with Crippen molar-refractivity contribution in [3.8, 4) is 5.75 Å². The number of benzene rings is 1. The van der Waals surface area contributed by atoms with Crippen molar-refractivity contribution >= 4 is 51.4 Å². The van der Waals surface area contributed by atoms with Gasteiger partial charge in [0.15, 0.2) is 6.10 Å². The molecule has 0 bridgehead atoms. The average molecular weight is 399 g/mol. The number of rotatable bonds is 5. The zero-order chi connectivity index (χ0) is 18.1. The van der Waals surface area contributed by atoms with Crippen molar-refractivity contribution in [1.29, 1.82) is 0 Å². The first-order valence-electron chi connectivity index (χ1n) is 7.73. The lowest BCUT2D eigenvalue weighted by Crippen LogP contribution is -2.30. The molecule has 3 N–H and O–H groups in total. The molecule has 0 saturated carbocycles. The van der Waals surface area contributed by atoms with Crippen LogP contribution in [0.1, 0.15) is 34.1 Å². The smallest absolute Gasteiger partial charge is 0.265 e. The van der Waals surface area contributed by atoms with Crippen LogP contribution in [0.5, 0.6) is 5.75 Å². The highest BCUT2D eigenvalue weighted by Crippen LogP contribution is 2.39. The Hall–Kier alpha value is -1.76. The third-order valence-electron chi connectivity index (χ3n) is 3.97. The maximum absolute atomic E-state index is 12.4. The Morgan fingerprint density at radius 2 is 2.08 bits per heavy atom. The molecule has 1 aliphatic rings. The number of ether oxygens (including phenoxy) is 1. The summed E-state index contributed by atoms with van der Waals surface area (Å²) in [5, 5.41) is 4.04. The quantitative estimate of drug-likeness (QED) is 0.796. The fourth-order valence-electron chi connectivity index (χ4n) is 2.78. The number of thiophene rings is 1. The highest BCUT2D eigenvalue weighted by molar-refractivity contribution is 7.17. The van der Waals surface area contributed by atoms with Gasteiger partial charge in [-0.2, -0.15) is 0 Å². The van der Waals surface area contributed by atoms with Gasteiger partial charge < -0.3 is 15.8 Å². The average Bonchev–Trinajstić information content (AvgIpc) is 3.09. The van der Waals surface area contributed by atoms with E-state index in [1.807, 2.05) is 0 Å². The summed E-state index contributed by atoms with van der Waals surface area (Å²) >= 11 is 13.3. The summed E-state index contributed by atoms with van der Waals surface area (Å²) < 4.78 is 5.60. The van der Waals surface area contributed by atoms with E-state index in [2.05, 4.69) is 5.32 Å². The molecule has 0 radical (unpaired) electrons. The summed E-state index contributed by atoms with van der Waals surface area (Å²) in [4.78, 5) is 25.3. The molecule has 8 heteroatoms. The molecule has 3 rings (SSSR count). The number of fused-ring (bicyclic) bond motifs is 1. The van der Waals surface area contributed by atoms with Crippen LogP contribution < -0.4 is 15.8 Å². The molecule has 25 heavy (non-hydrogen) atoms. The molecule has 1 aromatic carbocycles. The zero-order valence-corrected chi connectivity index (χ0v) is 15.7. The second-order valence-electron chi connectivity index (χ2n) is 5.75. The SMILES string of the molecule is C[C@H](Oc1ccc(Cl)cc1Cl)C(=O)Nc1sc2c(c1C(N)=O)CCC2. The lowest BCUT2D eigenvalue weighted by molar-refractivity contribution is -0.122. The minimum absolute atomic E-state index is 0.320. The summed E-state index contributed by atoms with van der Waals surface area (Å²) in [5.74, 6) is -0.546. The van der Waals surface area contributed by atoms with Gasteiger partial charge in [-0.3, -0.25) is 9.59 Å². The van der Waals surface area contributed by atoms with Crippen molar-refractivity contribution in [1.82, 2.24) is 0 Å². The Balaban J connectivity index is 1.75. The van der Waals surface area contributed by atoms with Crippen LogP contribution in [0.3, 0.4) is 0 Å². The third kappa shape index (κ3) is 3.76. The first kappa shape index (κ1) is 18.0. The number of anilines is 1. The number of aryl methyl sites for hydroxylation is 1. The van der Waals surface area contributed by atoms with Crippen LogP contribution >= 0.6 is 34.5 Å². The fraction of sp³-hybridized carbons (Fsp3) is 0.294. The number of nitrogens with two attached hydrogens (primary N) is 1. The molecule has 0 spiro atoms. The minimum atomic E-state index is -0.809. The van der Waals surface area contributed by atoms with E-state index in [4.69, 9.17) is 33.7 Å². The Morgan fingerprint density at radius 1 is 1.32 bits per heavy atom. The van der Waals surface area contributed by atoms with E-state index in [-0.39, 0.29) is 5.91 Å². The van der Waals surface area contributed by atoms with Crippen molar-refractivity contribution < 1.29 is 14.3 Å². The molecule has 1 aliphatic carbocycles. The molecule has 1 heterocycles. The number of carbonyl (C=O) groups excluding carboxylic acids is 2. The number of halogens is 2. The molecule has 2 aromatic rings. The molecule has 5 nitrogen and oxygen atoms in total. The summed E-state index contributed by atoms with van der Waals surface area (Å²) in [7, 11) is 0. The maximum atomic E-state index is 12.4. The Bertz CT molecular complexity index is 851. The van der Waals surface area contributed by atoms with E-state index in [1.54, 1.807) is 19.1 Å². The molecule has 1 atom stereocenters. The van der Waals surface area contributed by atoms with Gasteiger partial charge >= 0.3 is 0 Å². The van der Waals surface area contributed by atoms with Crippen molar-refractivity contribution in [2.45, 2.75) is 32.3 Å². The standard InChI is InChI=1S/C17H16Cl2N2O3S/c1-8(24-12-6-5-9(18)7-11(12)19)16(23)21-17-14(15(20)22)10-3-2-4-13(10)25-17/h5-8H,2-4H2,1H3,(H2,20,22)(H,21,23)/t8-/m0/s1. The lowest BCUT2D eigenvalue weighted by Gasteiger charge is -2.15. The zero-order valence-electron chi connectivity index (χ0n) is 13.4. The molecular formula is C17H16Cl2N2O3S. The predicted octanol–water partition coefficient (Wildman–Crippen LogP) is 4.05. The van der Waals surface area contributed by atoms with E-state index in [1.165, 1.54) is 17.4 Å². The van der Waals surface area contributed by atoms with Gasteiger partial charge in [-0.05, 0) is 49.9 Å². The van der Waals surface area contributed by atoms with Crippen molar-refractivity contribution in [2.75, 3.05) is 5.32 Å². The maximum Gasteiger partial charge on any atom is 0.265 e. The second-order valence-corrected chi connectivity index (χ2v) is 7.70. The van der Waals surface area contributed by atoms with E-state index >= 15 is 0 Å². The van der Waals surface area contributed by atoms with Crippen molar-refractivity contribution in [2.24, 2.45) is 5.73 Å².